The predicted octanol–water partition coefficient (Wildman–Crippen LogP) is 7.03. The quantitative estimate of drug-likeness (QED) is 0.180. The van der Waals surface area contributed by atoms with Crippen molar-refractivity contribution in [3.8, 4) is 11.5 Å². The molecule has 2 unspecified atom stereocenters. The number of allylic oxidation sites excluding steroid dienone is 4. The third kappa shape index (κ3) is 7.69. The van der Waals surface area contributed by atoms with Crippen molar-refractivity contribution in [2.75, 3.05) is 25.1 Å². The van der Waals surface area contributed by atoms with Crippen molar-refractivity contribution < 1.29 is 27.0 Å². The summed E-state index contributed by atoms with van der Waals surface area (Å²) in [6.45, 7) is 4.67. The Bertz CT molecular complexity index is 1130. The van der Waals surface area contributed by atoms with E-state index >= 15 is 0 Å². The van der Waals surface area contributed by atoms with Gasteiger partial charge in [0.1, 0.15) is 22.9 Å². The van der Waals surface area contributed by atoms with Crippen LogP contribution in [0.2, 0.25) is 0 Å². The summed E-state index contributed by atoms with van der Waals surface area (Å²) >= 11 is 0. The maximum absolute atomic E-state index is 13.3. The largest absolute Gasteiger partial charge is 0.494 e. The fourth-order valence-corrected chi connectivity index (χ4v) is 4.54. The molecule has 1 aliphatic rings. The third-order valence-corrected chi connectivity index (χ3v) is 6.25. The zero-order valence-corrected chi connectivity index (χ0v) is 22.8. The average molecular weight is 553 g/mol. The number of nitrogens with zero attached hydrogens (tertiary/aromatic N) is 4. The van der Waals surface area contributed by atoms with E-state index in [0.29, 0.717) is 30.3 Å². The molecule has 1 aromatic heterocycles. The van der Waals surface area contributed by atoms with Gasteiger partial charge in [-0.2, -0.15) is 17.6 Å². The highest BCUT2D eigenvalue weighted by Crippen LogP contribution is 2.38. The van der Waals surface area contributed by atoms with Crippen LogP contribution >= 0.6 is 9.24 Å². The van der Waals surface area contributed by atoms with E-state index in [2.05, 4.69) is 14.9 Å². The Hall–Kier alpha value is -3.13. The molecule has 0 bridgehead atoms. The van der Waals surface area contributed by atoms with E-state index in [0.717, 1.165) is 30.3 Å². The van der Waals surface area contributed by atoms with Gasteiger partial charge in [0.2, 0.25) is 6.10 Å². The van der Waals surface area contributed by atoms with E-state index in [-0.39, 0.29) is 12.5 Å². The summed E-state index contributed by atoms with van der Waals surface area (Å²) in [5.74, 6) is 1.05. The number of hydrogen-bond acceptors (Lipinski definition) is 6. The van der Waals surface area contributed by atoms with E-state index in [1.807, 2.05) is 26.3 Å². The number of likely N-dealkylation sites (tertiary alicyclic amines) is 1. The van der Waals surface area contributed by atoms with Crippen LogP contribution in [0.5, 0.6) is 11.5 Å². The molecular weight excluding hydrogens is 519 g/mol. The van der Waals surface area contributed by atoms with Crippen LogP contribution in [0.1, 0.15) is 33.1 Å². The first kappa shape index (κ1) is 29.4. The van der Waals surface area contributed by atoms with Crippen molar-refractivity contribution >= 4 is 26.8 Å². The van der Waals surface area contributed by atoms with Crippen LogP contribution in [-0.4, -0.2) is 54.6 Å². The van der Waals surface area contributed by atoms with Crippen LogP contribution in [0.4, 0.5) is 28.9 Å². The summed E-state index contributed by atoms with van der Waals surface area (Å²) in [5, 5.41) is 0. The number of hydrogen-bond donors (Lipinski definition) is 0. The van der Waals surface area contributed by atoms with Gasteiger partial charge < -0.3 is 19.3 Å². The summed E-state index contributed by atoms with van der Waals surface area (Å²) in [5.41, 5.74) is 1.38. The Balaban J connectivity index is 1.83. The van der Waals surface area contributed by atoms with Crippen molar-refractivity contribution in [2.24, 2.45) is 4.99 Å². The lowest BCUT2D eigenvalue weighted by Gasteiger charge is -2.41. The summed E-state index contributed by atoms with van der Waals surface area (Å²) in [4.78, 5) is 12.2. The molecule has 1 aromatic carbocycles. The summed E-state index contributed by atoms with van der Waals surface area (Å²) in [6, 6.07) is 8.94. The van der Waals surface area contributed by atoms with Gasteiger partial charge in [-0.3, -0.25) is 4.98 Å². The number of pyridine rings is 1. The monoisotopic (exact) mass is 552 g/mol. The second-order valence-corrected chi connectivity index (χ2v) is 9.09. The Labute approximate surface area is 223 Å². The number of aromatic nitrogens is 1. The van der Waals surface area contributed by atoms with Crippen molar-refractivity contribution in [1.29, 1.82) is 0 Å². The van der Waals surface area contributed by atoms with Gasteiger partial charge in [0.05, 0.1) is 25.2 Å². The Morgan fingerprint density at radius 2 is 1.92 bits per heavy atom. The molecule has 0 radical (unpaired) electrons. The molecule has 11 heteroatoms. The fraction of sp³-hybridized carbons (Fsp3) is 0.407. The Kier molecular flexibility index (Phi) is 10.5. The van der Waals surface area contributed by atoms with Crippen LogP contribution < -0.4 is 14.4 Å². The Morgan fingerprint density at radius 3 is 2.47 bits per heavy atom. The fourth-order valence-electron chi connectivity index (χ4n) is 4.38. The van der Waals surface area contributed by atoms with Crippen LogP contribution in [0.15, 0.2) is 71.3 Å². The van der Waals surface area contributed by atoms with Crippen LogP contribution in [0, 0.1) is 0 Å². The van der Waals surface area contributed by atoms with E-state index in [4.69, 9.17) is 9.47 Å². The van der Waals surface area contributed by atoms with E-state index in [1.54, 1.807) is 57.6 Å². The SMILES string of the molecule is C\C=C(/C=N/C(=C/CC)C(F)(F)F)N1CCC(N(c2ccc(OC(F)P)cc2)c2cnccc2OC)CC1. The zero-order valence-electron chi connectivity index (χ0n) is 21.7. The molecule has 1 aliphatic heterocycles. The van der Waals surface area contributed by atoms with E-state index in [9.17, 15) is 17.6 Å². The zero-order chi connectivity index (χ0) is 27.7. The Morgan fingerprint density at radius 1 is 1.24 bits per heavy atom. The van der Waals surface area contributed by atoms with Crippen LogP contribution in [0.3, 0.4) is 0 Å². The lowest BCUT2D eigenvalue weighted by Crippen LogP contribution is -2.43. The standard InChI is InChI=1S/C27H33F4N4O2P/c1-4-6-25(27(29,30)31)33-17-19(5-2)34-15-12-21(13-16-34)35(23-18-32-14-11-24(23)36-3)20-7-9-22(10-8-20)37-26(28)38/h5-11,14,17-18,21,26H,4,12-13,15-16,38H2,1-3H3/b19-5+,25-6+,33-17+. The van der Waals surface area contributed by atoms with Gasteiger partial charge in [-0.05, 0) is 50.5 Å². The number of ether oxygens (including phenoxy) is 2. The first-order chi connectivity index (χ1) is 18.2. The first-order valence-electron chi connectivity index (χ1n) is 12.3. The van der Waals surface area contributed by atoms with Gasteiger partial charge in [0, 0.05) is 37.1 Å². The maximum Gasteiger partial charge on any atom is 0.433 e. The average Bonchev–Trinajstić information content (AvgIpc) is 2.89. The first-order valence-corrected chi connectivity index (χ1v) is 13.0. The van der Waals surface area contributed by atoms with Crippen LogP contribution in [-0.2, 0) is 0 Å². The topological polar surface area (TPSA) is 50.2 Å². The highest BCUT2D eigenvalue weighted by molar-refractivity contribution is 7.16. The van der Waals surface area contributed by atoms with E-state index in [1.165, 1.54) is 6.21 Å². The molecule has 2 aromatic rings. The number of rotatable bonds is 10. The minimum atomic E-state index is -4.50. The molecule has 2 heterocycles. The minimum Gasteiger partial charge on any atom is -0.494 e. The maximum atomic E-state index is 13.3. The molecule has 206 valence electrons. The number of alkyl halides is 4. The number of methoxy groups -OCH3 is 1. The predicted molar refractivity (Wildman–Crippen MR) is 146 cm³/mol. The molecule has 0 spiro atoms. The number of halogens is 4. The molecule has 38 heavy (non-hydrogen) atoms. The molecule has 0 saturated carbocycles. The normalized spacial score (nSPS) is 16.6. The van der Waals surface area contributed by atoms with Crippen molar-refractivity contribution in [1.82, 2.24) is 9.88 Å². The molecule has 0 N–H and O–H groups in total. The second kappa shape index (κ2) is 13.6. The lowest BCUT2D eigenvalue weighted by molar-refractivity contribution is -0.0925. The molecule has 1 fully saturated rings. The minimum absolute atomic E-state index is 0.0486. The van der Waals surface area contributed by atoms with Gasteiger partial charge in [0.25, 0.3) is 0 Å². The van der Waals surface area contributed by atoms with Crippen molar-refractivity contribution in [3.63, 3.8) is 0 Å². The molecular formula is C27H33F4N4O2P. The van der Waals surface area contributed by atoms with Gasteiger partial charge in [-0.15, -0.1) is 0 Å². The molecule has 1 saturated heterocycles. The van der Waals surface area contributed by atoms with Crippen LogP contribution in [0.25, 0.3) is 0 Å². The second-order valence-electron chi connectivity index (χ2n) is 8.57. The summed E-state index contributed by atoms with van der Waals surface area (Å²) < 4.78 is 63.7. The molecule has 0 aliphatic carbocycles. The smallest absolute Gasteiger partial charge is 0.433 e. The lowest BCUT2D eigenvalue weighted by atomic mass is 10.0. The van der Waals surface area contributed by atoms with Crippen molar-refractivity contribution in [2.45, 2.75) is 51.4 Å². The molecule has 6 nitrogen and oxygen atoms in total. The third-order valence-electron chi connectivity index (χ3n) is 6.12. The molecule has 0 amide bonds. The molecule has 2 atom stereocenters. The number of piperidine rings is 1. The van der Waals surface area contributed by atoms with Gasteiger partial charge in [-0.1, -0.05) is 28.3 Å². The van der Waals surface area contributed by atoms with E-state index < -0.39 is 18.0 Å². The van der Waals surface area contributed by atoms with Gasteiger partial charge in [0.15, 0.2) is 0 Å². The highest BCUT2D eigenvalue weighted by atomic mass is 31.0. The van der Waals surface area contributed by atoms with Crippen molar-refractivity contribution in [3.05, 3.63) is 66.3 Å². The highest BCUT2D eigenvalue weighted by Gasteiger charge is 2.33. The molecule has 3 rings (SSSR count). The number of benzene rings is 1. The number of anilines is 2. The summed E-state index contributed by atoms with van der Waals surface area (Å²) in [7, 11) is 3.54. The van der Waals surface area contributed by atoms with Gasteiger partial charge in [-0.25, -0.2) is 4.99 Å². The van der Waals surface area contributed by atoms with Gasteiger partial charge >= 0.3 is 6.18 Å². The summed E-state index contributed by atoms with van der Waals surface area (Å²) in [6.07, 6.45) is 3.21. The number of aliphatic imine (C=N–C) groups is 1.